The summed E-state index contributed by atoms with van der Waals surface area (Å²) in [5.74, 6) is 0.897. The van der Waals surface area contributed by atoms with Gasteiger partial charge < -0.3 is 10.1 Å². The van der Waals surface area contributed by atoms with Gasteiger partial charge in [0, 0.05) is 48.5 Å². The van der Waals surface area contributed by atoms with Crippen LogP contribution in [0.25, 0.3) is 0 Å². The van der Waals surface area contributed by atoms with E-state index in [2.05, 4.69) is 22.1 Å². The van der Waals surface area contributed by atoms with Crippen LogP contribution in [0.15, 0.2) is 35.8 Å². The molecule has 0 spiro atoms. The number of hydrogen-bond donors (Lipinski definition) is 1. The van der Waals surface area contributed by atoms with Gasteiger partial charge >= 0.3 is 0 Å². The minimum absolute atomic E-state index is 0.000752. The topological polar surface area (TPSA) is 54.5 Å². The molecule has 4 rings (SSSR count). The molecule has 132 valence electrons. The number of aryl methyl sites for hydroxylation is 1. The molecular formula is C19H23N3O2S. The Bertz CT molecular complexity index is 733. The molecule has 0 bridgehead atoms. The zero-order chi connectivity index (χ0) is 17.2. The van der Waals surface area contributed by atoms with Crippen molar-refractivity contribution < 1.29 is 9.53 Å². The lowest BCUT2D eigenvalue weighted by Crippen LogP contribution is -2.34. The number of thiazole rings is 1. The Morgan fingerprint density at radius 2 is 2.20 bits per heavy atom. The number of rotatable bonds is 5. The monoisotopic (exact) mass is 357 g/mol. The van der Waals surface area contributed by atoms with Crippen molar-refractivity contribution in [3.8, 4) is 0 Å². The van der Waals surface area contributed by atoms with Gasteiger partial charge in [0.15, 0.2) is 0 Å². The molecule has 5 nitrogen and oxygen atoms in total. The highest BCUT2D eigenvalue weighted by Crippen LogP contribution is 2.34. The number of hydrogen-bond acceptors (Lipinski definition) is 5. The second-order valence-corrected chi connectivity index (χ2v) is 7.87. The van der Waals surface area contributed by atoms with Crippen LogP contribution in [0.1, 0.15) is 20.9 Å². The van der Waals surface area contributed by atoms with Crippen LogP contribution in [0, 0.1) is 18.8 Å². The summed E-state index contributed by atoms with van der Waals surface area (Å²) in [6.45, 7) is 6.47. The number of nitrogens with one attached hydrogen (secondary N) is 1. The number of aromatic nitrogens is 1. The van der Waals surface area contributed by atoms with Gasteiger partial charge in [-0.3, -0.25) is 9.69 Å². The van der Waals surface area contributed by atoms with Crippen LogP contribution in [0.4, 0.5) is 0 Å². The van der Waals surface area contributed by atoms with Gasteiger partial charge in [-0.15, -0.1) is 11.3 Å². The molecule has 2 fully saturated rings. The normalized spacial score (nSPS) is 25.9. The van der Waals surface area contributed by atoms with Crippen LogP contribution >= 0.6 is 11.3 Å². The van der Waals surface area contributed by atoms with E-state index in [1.165, 1.54) is 4.88 Å². The highest BCUT2D eigenvalue weighted by atomic mass is 32.1. The molecule has 1 amide bonds. The molecule has 1 N–H and O–H groups in total. The number of benzene rings is 1. The minimum Gasteiger partial charge on any atom is -0.376 e. The lowest BCUT2D eigenvalue weighted by Gasteiger charge is -2.19. The van der Waals surface area contributed by atoms with Crippen molar-refractivity contribution in [2.45, 2.75) is 19.6 Å². The van der Waals surface area contributed by atoms with Gasteiger partial charge in [-0.05, 0) is 19.1 Å². The van der Waals surface area contributed by atoms with Gasteiger partial charge in [-0.2, -0.15) is 0 Å². The first-order valence-corrected chi connectivity index (χ1v) is 9.65. The summed E-state index contributed by atoms with van der Waals surface area (Å²) >= 11 is 1.73. The second kappa shape index (κ2) is 7.23. The summed E-state index contributed by atoms with van der Waals surface area (Å²) in [5, 5.41) is 3.08. The van der Waals surface area contributed by atoms with E-state index in [0.29, 0.717) is 30.0 Å². The number of amides is 1. The number of carbonyl (C=O) groups excluding carboxylic acids is 1. The Morgan fingerprint density at radius 1 is 1.36 bits per heavy atom. The Hall–Kier alpha value is -1.76. The molecule has 0 aliphatic carbocycles. The third-order valence-electron chi connectivity index (χ3n) is 5.29. The van der Waals surface area contributed by atoms with Gasteiger partial charge in [0.1, 0.15) is 0 Å². The molecule has 2 saturated heterocycles. The molecule has 1 aromatic carbocycles. The number of fused-ring (bicyclic) bond motifs is 1. The molecule has 3 heterocycles. The summed E-state index contributed by atoms with van der Waals surface area (Å²) in [5.41, 5.74) is 3.77. The van der Waals surface area contributed by atoms with Gasteiger partial charge in [0.2, 0.25) is 0 Å². The SMILES string of the molecule is Cc1ncsc1CN1C[C@H]2[C@@H](CNC(=O)c3ccccc3)CO[C@H]2C1. The lowest BCUT2D eigenvalue weighted by molar-refractivity contribution is 0.0904. The summed E-state index contributed by atoms with van der Waals surface area (Å²) in [4.78, 5) is 20.4. The summed E-state index contributed by atoms with van der Waals surface area (Å²) in [6.07, 6.45) is 0.298. The molecule has 3 atom stereocenters. The first-order chi connectivity index (χ1) is 12.2. The third kappa shape index (κ3) is 3.61. The largest absolute Gasteiger partial charge is 0.376 e. The summed E-state index contributed by atoms with van der Waals surface area (Å²) < 4.78 is 6.00. The summed E-state index contributed by atoms with van der Waals surface area (Å²) in [7, 11) is 0. The predicted octanol–water partition coefficient (Wildman–Crippen LogP) is 2.33. The molecular weight excluding hydrogens is 334 g/mol. The molecule has 2 aliphatic rings. The van der Waals surface area contributed by atoms with Gasteiger partial charge in [-0.25, -0.2) is 4.98 Å². The highest BCUT2D eigenvalue weighted by Gasteiger charge is 2.43. The standard InChI is InChI=1S/C19H23N3O2S/c1-13-18(25-12-21-13)10-22-8-16-15(11-24-17(16)9-22)7-20-19(23)14-5-3-2-4-6-14/h2-6,12,15-17H,7-11H2,1H3,(H,20,23)/t15-,16-,17-/m0/s1. The molecule has 0 saturated carbocycles. The lowest BCUT2D eigenvalue weighted by atomic mass is 9.93. The Balaban J connectivity index is 1.31. The number of ether oxygens (including phenoxy) is 1. The average molecular weight is 357 g/mol. The zero-order valence-corrected chi connectivity index (χ0v) is 15.2. The molecule has 6 heteroatoms. The van der Waals surface area contributed by atoms with E-state index in [4.69, 9.17) is 4.74 Å². The van der Waals surface area contributed by atoms with E-state index in [0.717, 1.165) is 31.9 Å². The zero-order valence-electron chi connectivity index (χ0n) is 14.4. The molecule has 0 radical (unpaired) electrons. The van der Waals surface area contributed by atoms with E-state index in [9.17, 15) is 4.79 Å². The highest BCUT2D eigenvalue weighted by molar-refractivity contribution is 7.09. The maximum absolute atomic E-state index is 12.2. The van der Waals surface area contributed by atoms with Gasteiger partial charge in [0.05, 0.1) is 23.9 Å². The van der Waals surface area contributed by atoms with Crippen molar-refractivity contribution in [1.29, 1.82) is 0 Å². The molecule has 2 aliphatic heterocycles. The molecule has 1 aromatic heterocycles. The van der Waals surface area contributed by atoms with Crippen LogP contribution in [-0.4, -0.2) is 48.1 Å². The first kappa shape index (κ1) is 16.7. The fourth-order valence-corrected chi connectivity index (χ4v) is 4.63. The van der Waals surface area contributed by atoms with Crippen LogP contribution in [-0.2, 0) is 11.3 Å². The van der Waals surface area contributed by atoms with Crippen LogP contribution in [0.3, 0.4) is 0 Å². The maximum atomic E-state index is 12.2. The Kier molecular flexibility index (Phi) is 4.83. The van der Waals surface area contributed by atoms with Crippen molar-refractivity contribution in [2.75, 3.05) is 26.2 Å². The van der Waals surface area contributed by atoms with Crippen molar-refractivity contribution in [3.63, 3.8) is 0 Å². The van der Waals surface area contributed by atoms with Crippen LogP contribution in [0.2, 0.25) is 0 Å². The van der Waals surface area contributed by atoms with E-state index < -0.39 is 0 Å². The molecule has 2 aromatic rings. The maximum Gasteiger partial charge on any atom is 0.251 e. The predicted molar refractivity (Wildman–Crippen MR) is 97.6 cm³/mol. The van der Waals surface area contributed by atoms with E-state index in [1.807, 2.05) is 35.8 Å². The van der Waals surface area contributed by atoms with Crippen molar-refractivity contribution in [2.24, 2.45) is 11.8 Å². The van der Waals surface area contributed by atoms with E-state index in [1.54, 1.807) is 11.3 Å². The fourth-order valence-electron chi connectivity index (χ4n) is 3.82. The number of nitrogens with zero attached hydrogens (tertiary/aromatic N) is 2. The van der Waals surface area contributed by atoms with E-state index >= 15 is 0 Å². The number of carbonyl (C=O) groups is 1. The number of likely N-dealkylation sites (tertiary alicyclic amines) is 1. The van der Waals surface area contributed by atoms with Crippen molar-refractivity contribution >= 4 is 17.2 Å². The summed E-state index contributed by atoms with van der Waals surface area (Å²) in [6, 6.07) is 9.39. The van der Waals surface area contributed by atoms with Crippen molar-refractivity contribution in [1.82, 2.24) is 15.2 Å². The molecule has 0 unspecified atom stereocenters. The third-order valence-corrected chi connectivity index (χ3v) is 6.21. The van der Waals surface area contributed by atoms with E-state index in [-0.39, 0.29) is 5.91 Å². The Morgan fingerprint density at radius 3 is 2.96 bits per heavy atom. The quantitative estimate of drug-likeness (QED) is 0.892. The van der Waals surface area contributed by atoms with Crippen molar-refractivity contribution in [3.05, 3.63) is 52.0 Å². The average Bonchev–Trinajstić information content (AvgIpc) is 3.31. The van der Waals surface area contributed by atoms with Gasteiger partial charge in [-0.1, -0.05) is 18.2 Å². The minimum atomic E-state index is -0.000752. The molecule has 25 heavy (non-hydrogen) atoms. The fraction of sp³-hybridized carbons (Fsp3) is 0.474. The Labute approximate surface area is 152 Å². The van der Waals surface area contributed by atoms with Crippen LogP contribution < -0.4 is 5.32 Å². The van der Waals surface area contributed by atoms with Gasteiger partial charge in [0.25, 0.3) is 5.91 Å². The van der Waals surface area contributed by atoms with Crippen LogP contribution in [0.5, 0.6) is 0 Å². The second-order valence-electron chi connectivity index (χ2n) is 6.93. The smallest absolute Gasteiger partial charge is 0.251 e. The first-order valence-electron chi connectivity index (χ1n) is 8.77.